The minimum absolute atomic E-state index is 0.0146. The van der Waals surface area contributed by atoms with E-state index in [0.29, 0.717) is 18.3 Å². The summed E-state index contributed by atoms with van der Waals surface area (Å²) >= 11 is 0. The van der Waals surface area contributed by atoms with Gasteiger partial charge in [0.2, 0.25) is 0 Å². The van der Waals surface area contributed by atoms with Crippen LogP contribution in [0.1, 0.15) is 24.0 Å². The number of hydrogen-bond acceptors (Lipinski definition) is 4. The minimum Gasteiger partial charge on any atom is -0.489 e. The molecule has 1 aliphatic heterocycles. The van der Waals surface area contributed by atoms with Crippen LogP contribution >= 0.6 is 0 Å². The zero-order valence-corrected chi connectivity index (χ0v) is 18.0. The molecule has 2 heterocycles. The maximum Gasteiger partial charge on any atom is 0.260 e. The van der Waals surface area contributed by atoms with Crippen molar-refractivity contribution in [1.29, 1.82) is 0 Å². The van der Waals surface area contributed by atoms with Gasteiger partial charge in [0.1, 0.15) is 23.9 Å². The lowest BCUT2D eigenvalue weighted by molar-refractivity contribution is -0.134. The number of amides is 1. The first-order chi connectivity index (χ1) is 15.7. The lowest BCUT2D eigenvalue weighted by atomic mass is 9.90. The topological polar surface area (TPSA) is 51.7 Å². The van der Waals surface area contributed by atoms with Gasteiger partial charge in [0.15, 0.2) is 6.61 Å². The number of benzene rings is 2. The van der Waals surface area contributed by atoms with Gasteiger partial charge in [0.05, 0.1) is 0 Å². The van der Waals surface area contributed by atoms with Crippen molar-refractivity contribution in [2.24, 2.45) is 5.92 Å². The minimum atomic E-state index is -0.321. The summed E-state index contributed by atoms with van der Waals surface area (Å²) < 4.78 is 24.2. The molecule has 32 heavy (non-hydrogen) atoms. The molecule has 5 nitrogen and oxygen atoms in total. The van der Waals surface area contributed by atoms with Crippen LogP contribution in [0.15, 0.2) is 73.1 Å². The fraction of sp³-hybridized carbons (Fsp3) is 0.308. The zero-order valence-electron chi connectivity index (χ0n) is 18.0. The van der Waals surface area contributed by atoms with Gasteiger partial charge in [-0.1, -0.05) is 24.3 Å². The van der Waals surface area contributed by atoms with Crippen LogP contribution in [-0.2, 0) is 17.8 Å². The van der Waals surface area contributed by atoms with Crippen LogP contribution in [0.3, 0.4) is 0 Å². The van der Waals surface area contributed by atoms with Gasteiger partial charge in [-0.25, -0.2) is 4.39 Å². The molecule has 0 spiro atoms. The van der Waals surface area contributed by atoms with Crippen LogP contribution < -0.4 is 9.47 Å². The number of carbonyl (C=O) groups excluding carboxylic acids is 1. The Bertz CT molecular complexity index is 986. The highest BCUT2D eigenvalue weighted by atomic mass is 19.1. The van der Waals surface area contributed by atoms with Crippen LogP contribution in [0.25, 0.3) is 0 Å². The Morgan fingerprint density at radius 2 is 1.50 bits per heavy atom. The molecule has 0 N–H and O–H groups in total. The Kier molecular flexibility index (Phi) is 7.33. The Balaban J connectivity index is 1.18. The Morgan fingerprint density at radius 1 is 0.875 bits per heavy atom. The van der Waals surface area contributed by atoms with Crippen molar-refractivity contribution in [2.45, 2.75) is 25.9 Å². The average molecular weight is 435 g/mol. The van der Waals surface area contributed by atoms with Gasteiger partial charge in [-0.3, -0.25) is 9.78 Å². The second kappa shape index (κ2) is 10.8. The van der Waals surface area contributed by atoms with E-state index < -0.39 is 0 Å². The van der Waals surface area contributed by atoms with Crippen molar-refractivity contribution in [3.8, 4) is 11.5 Å². The first kappa shape index (κ1) is 21.8. The summed E-state index contributed by atoms with van der Waals surface area (Å²) in [4.78, 5) is 18.3. The van der Waals surface area contributed by atoms with E-state index in [1.54, 1.807) is 12.4 Å². The van der Waals surface area contributed by atoms with Crippen molar-refractivity contribution in [1.82, 2.24) is 9.88 Å². The molecule has 1 amide bonds. The fourth-order valence-corrected chi connectivity index (χ4v) is 3.86. The van der Waals surface area contributed by atoms with E-state index in [-0.39, 0.29) is 18.3 Å². The predicted octanol–water partition coefficient (Wildman–Crippen LogP) is 4.66. The van der Waals surface area contributed by atoms with Crippen molar-refractivity contribution < 1.29 is 18.7 Å². The van der Waals surface area contributed by atoms with Crippen LogP contribution in [-0.4, -0.2) is 35.5 Å². The maximum absolute atomic E-state index is 12.9. The smallest absolute Gasteiger partial charge is 0.260 e. The van der Waals surface area contributed by atoms with E-state index in [0.717, 1.165) is 43.7 Å². The number of hydrogen-bond donors (Lipinski definition) is 0. The zero-order chi connectivity index (χ0) is 22.2. The summed E-state index contributed by atoms with van der Waals surface area (Å²) in [5, 5.41) is 0. The molecule has 0 radical (unpaired) electrons. The van der Waals surface area contributed by atoms with Crippen molar-refractivity contribution in [2.75, 3.05) is 19.7 Å². The van der Waals surface area contributed by atoms with E-state index in [1.807, 2.05) is 17.0 Å². The standard InChI is InChI=1S/C26H27FN2O3/c27-23-5-7-24(8-6-23)32-19-26(30)29-15-11-21(12-16-29)17-20-1-3-22(4-2-20)18-31-25-9-13-28-14-10-25/h1-10,13-14,21H,11-12,15-19H2. The Labute approximate surface area is 187 Å². The molecule has 1 aromatic heterocycles. The number of halogens is 1. The van der Waals surface area contributed by atoms with Gasteiger partial charge in [0, 0.05) is 25.5 Å². The molecule has 0 atom stereocenters. The van der Waals surface area contributed by atoms with Gasteiger partial charge in [-0.2, -0.15) is 0 Å². The molecule has 0 unspecified atom stereocenters. The molecule has 3 aromatic rings. The van der Waals surface area contributed by atoms with E-state index in [4.69, 9.17) is 9.47 Å². The molecule has 1 aliphatic rings. The predicted molar refractivity (Wildman–Crippen MR) is 120 cm³/mol. The third kappa shape index (κ3) is 6.30. The molecule has 4 rings (SSSR count). The fourth-order valence-electron chi connectivity index (χ4n) is 3.86. The number of likely N-dealkylation sites (tertiary alicyclic amines) is 1. The Morgan fingerprint density at radius 3 is 2.19 bits per heavy atom. The summed E-state index contributed by atoms with van der Waals surface area (Å²) in [6.45, 7) is 2.01. The molecular formula is C26H27FN2O3. The number of piperidine rings is 1. The van der Waals surface area contributed by atoms with Crippen LogP contribution in [0.4, 0.5) is 4.39 Å². The van der Waals surface area contributed by atoms with E-state index in [1.165, 1.54) is 29.8 Å². The summed E-state index contributed by atoms with van der Waals surface area (Å²) in [6, 6.07) is 18.0. The highest BCUT2D eigenvalue weighted by Gasteiger charge is 2.23. The van der Waals surface area contributed by atoms with Crippen LogP contribution in [0.2, 0.25) is 0 Å². The first-order valence-electron chi connectivity index (χ1n) is 10.9. The third-order valence-electron chi connectivity index (χ3n) is 5.75. The number of nitrogens with zero attached hydrogens (tertiary/aromatic N) is 2. The second-order valence-electron chi connectivity index (χ2n) is 8.06. The van der Waals surface area contributed by atoms with Crippen molar-refractivity contribution in [3.63, 3.8) is 0 Å². The quantitative estimate of drug-likeness (QED) is 0.518. The molecule has 166 valence electrons. The van der Waals surface area contributed by atoms with E-state index >= 15 is 0 Å². The summed E-state index contributed by atoms with van der Waals surface area (Å²) in [5.74, 6) is 1.54. The number of aromatic nitrogens is 1. The lowest BCUT2D eigenvalue weighted by Crippen LogP contribution is -2.41. The number of rotatable bonds is 8. The monoisotopic (exact) mass is 434 g/mol. The van der Waals surface area contributed by atoms with Crippen molar-refractivity contribution in [3.05, 3.63) is 90.0 Å². The van der Waals surface area contributed by atoms with Gasteiger partial charge in [-0.15, -0.1) is 0 Å². The van der Waals surface area contributed by atoms with Crippen LogP contribution in [0, 0.1) is 11.7 Å². The van der Waals surface area contributed by atoms with Crippen molar-refractivity contribution >= 4 is 5.91 Å². The summed E-state index contributed by atoms with van der Waals surface area (Å²) in [5.41, 5.74) is 2.44. The molecule has 0 bridgehead atoms. The lowest BCUT2D eigenvalue weighted by Gasteiger charge is -2.32. The molecule has 6 heteroatoms. The summed E-state index contributed by atoms with van der Waals surface area (Å²) in [6.07, 6.45) is 6.41. The van der Waals surface area contributed by atoms with Gasteiger partial charge in [0.25, 0.3) is 5.91 Å². The van der Waals surface area contributed by atoms with E-state index in [2.05, 4.69) is 29.2 Å². The Hall–Kier alpha value is -3.41. The van der Waals surface area contributed by atoms with Gasteiger partial charge < -0.3 is 14.4 Å². The molecular weight excluding hydrogens is 407 g/mol. The average Bonchev–Trinajstić information content (AvgIpc) is 2.84. The molecule has 2 aromatic carbocycles. The highest BCUT2D eigenvalue weighted by molar-refractivity contribution is 5.77. The first-order valence-corrected chi connectivity index (χ1v) is 10.9. The van der Waals surface area contributed by atoms with E-state index in [9.17, 15) is 9.18 Å². The maximum atomic E-state index is 12.9. The van der Waals surface area contributed by atoms with Gasteiger partial charge in [-0.05, 0) is 72.7 Å². The summed E-state index contributed by atoms with van der Waals surface area (Å²) in [7, 11) is 0. The SMILES string of the molecule is O=C(COc1ccc(F)cc1)N1CCC(Cc2ccc(COc3ccncc3)cc2)CC1. The largest absolute Gasteiger partial charge is 0.489 e. The number of carbonyl (C=O) groups is 1. The number of ether oxygens (including phenoxy) is 2. The molecule has 1 fully saturated rings. The van der Waals surface area contributed by atoms with Crippen LogP contribution in [0.5, 0.6) is 11.5 Å². The molecule has 0 saturated carbocycles. The normalized spacial score (nSPS) is 14.2. The molecule has 1 saturated heterocycles. The van der Waals surface area contributed by atoms with Gasteiger partial charge >= 0.3 is 0 Å². The molecule has 0 aliphatic carbocycles. The highest BCUT2D eigenvalue weighted by Crippen LogP contribution is 2.22. The second-order valence-corrected chi connectivity index (χ2v) is 8.06. The number of pyridine rings is 1. The third-order valence-corrected chi connectivity index (χ3v) is 5.75.